The second-order valence-corrected chi connectivity index (χ2v) is 7.92. The van der Waals surface area contributed by atoms with Crippen LogP contribution in [-0.2, 0) is 22.4 Å². The van der Waals surface area contributed by atoms with Crippen LogP contribution >= 0.6 is 0 Å². The van der Waals surface area contributed by atoms with E-state index in [4.69, 9.17) is 4.74 Å². The van der Waals surface area contributed by atoms with Gasteiger partial charge in [-0.2, -0.15) is 0 Å². The summed E-state index contributed by atoms with van der Waals surface area (Å²) in [6.45, 7) is 3.78. The molecule has 1 unspecified atom stereocenters. The molecule has 9 heteroatoms. The van der Waals surface area contributed by atoms with Crippen molar-refractivity contribution in [2.75, 3.05) is 38.1 Å². The number of carbonyl (C=O) groups is 2. The Morgan fingerprint density at radius 1 is 1.37 bits per heavy atom. The molecule has 9 nitrogen and oxygen atoms in total. The first kappa shape index (κ1) is 22.3. The molecule has 1 fully saturated rings. The van der Waals surface area contributed by atoms with E-state index in [2.05, 4.69) is 21.7 Å². The van der Waals surface area contributed by atoms with Crippen LogP contribution in [0.5, 0.6) is 0 Å². The number of nitrogens with zero attached hydrogens (tertiary/aromatic N) is 2. The van der Waals surface area contributed by atoms with Crippen LogP contribution < -0.4 is 10.6 Å². The van der Waals surface area contributed by atoms with Gasteiger partial charge in [0.15, 0.2) is 6.10 Å². The number of aromatic nitrogens is 1. The second-order valence-electron chi connectivity index (χ2n) is 7.92. The highest BCUT2D eigenvalue weighted by molar-refractivity contribution is 5.76. The molecule has 4 N–H and O–H groups in total. The number of aliphatic hydroxyl groups is 2. The Bertz CT molecular complexity index is 749. The molecular formula is C21H32N4O5. The molecule has 0 radical (unpaired) electrons. The average molecular weight is 421 g/mol. The maximum Gasteiger partial charge on any atom is 0.338 e. The zero-order chi connectivity index (χ0) is 21.6. The molecule has 0 spiro atoms. The Labute approximate surface area is 176 Å². The number of piperidine rings is 1. The Hall–Kier alpha value is -2.39. The first-order valence-electron chi connectivity index (χ1n) is 10.8. The second kappa shape index (κ2) is 10.1. The Morgan fingerprint density at radius 2 is 2.13 bits per heavy atom. The van der Waals surface area contributed by atoms with E-state index in [9.17, 15) is 19.8 Å². The minimum Gasteiger partial charge on any atom is -0.464 e. The molecule has 0 aromatic carbocycles. The summed E-state index contributed by atoms with van der Waals surface area (Å²) in [5, 5.41) is 26.8. The van der Waals surface area contributed by atoms with Crippen molar-refractivity contribution in [1.29, 1.82) is 0 Å². The van der Waals surface area contributed by atoms with Gasteiger partial charge >= 0.3 is 12.0 Å². The zero-order valence-corrected chi connectivity index (χ0v) is 17.5. The molecule has 1 aromatic rings. The third-order valence-corrected chi connectivity index (χ3v) is 5.77. The maximum atomic E-state index is 12.4. The van der Waals surface area contributed by atoms with Gasteiger partial charge in [-0.3, -0.25) is 0 Å². The summed E-state index contributed by atoms with van der Waals surface area (Å²) in [6.07, 6.45) is 2.39. The molecule has 1 aromatic heterocycles. The van der Waals surface area contributed by atoms with Gasteiger partial charge in [-0.15, -0.1) is 0 Å². The number of aryl methyl sites for hydroxylation is 2. The maximum absolute atomic E-state index is 12.4. The largest absolute Gasteiger partial charge is 0.464 e. The summed E-state index contributed by atoms with van der Waals surface area (Å²) in [5.41, 5.74) is 0.708. The first-order valence-corrected chi connectivity index (χ1v) is 10.8. The summed E-state index contributed by atoms with van der Waals surface area (Å²) in [7, 11) is 0. The molecule has 30 heavy (non-hydrogen) atoms. The molecule has 0 saturated carbocycles. The number of hydrogen-bond donors (Lipinski definition) is 4. The fourth-order valence-electron chi connectivity index (χ4n) is 3.90. The van der Waals surface area contributed by atoms with E-state index in [0.717, 1.165) is 43.7 Å². The molecular weight excluding hydrogens is 388 g/mol. The minimum atomic E-state index is -1.60. The number of ether oxygens (including phenoxy) is 1. The number of nitrogens with one attached hydrogen (secondary N) is 2. The summed E-state index contributed by atoms with van der Waals surface area (Å²) < 4.78 is 4.78. The van der Waals surface area contributed by atoms with Crippen LogP contribution in [0.15, 0.2) is 12.1 Å². The van der Waals surface area contributed by atoms with Gasteiger partial charge in [0.25, 0.3) is 0 Å². The van der Waals surface area contributed by atoms with Gasteiger partial charge in [0.1, 0.15) is 11.4 Å². The number of hydrogen-bond acceptors (Lipinski definition) is 7. The van der Waals surface area contributed by atoms with E-state index in [-0.39, 0.29) is 38.6 Å². The number of esters is 1. The smallest absolute Gasteiger partial charge is 0.338 e. The van der Waals surface area contributed by atoms with E-state index in [1.165, 1.54) is 5.56 Å². The average Bonchev–Trinajstić information content (AvgIpc) is 2.76. The van der Waals surface area contributed by atoms with Crippen LogP contribution in [0.25, 0.3) is 0 Å². The van der Waals surface area contributed by atoms with Crippen molar-refractivity contribution in [3.63, 3.8) is 0 Å². The lowest BCUT2D eigenvalue weighted by molar-refractivity contribution is -0.173. The monoisotopic (exact) mass is 420 g/mol. The lowest BCUT2D eigenvalue weighted by Gasteiger charge is -2.39. The molecule has 3 heterocycles. The fourth-order valence-corrected chi connectivity index (χ4v) is 3.90. The van der Waals surface area contributed by atoms with Crippen molar-refractivity contribution in [1.82, 2.24) is 15.2 Å². The van der Waals surface area contributed by atoms with Crippen molar-refractivity contribution in [2.45, 2.75) is 57.2 Å². The molecule has 2 amide bonds. The van der Waals surface area contributed by atoms with Crippen LogP contribution in [0, 0.1) is 0 Å². The molecule has 3 rings (SSSR count). The van der Waals surface area contributed by atoms with Gasteiger partial charge < -0.3 is 30.5 Å². The number of amides is 2. The van der Waals surface area contributed by atoms with Crippen LogP contribution in [-0.4, -0.2) is 76.6 Å². The topological polar surface area (TPSA) is 124 Å². The normalized spacial score (nSPS) is 18.7. The quantitative estimate of drug-likeness (QED) is 0.380. The van der Waals surface area contributed by atoms with Crippen LogP contribution in [0.2, 0.25) is 0 Å². The molecule has 0 aliphatic carbocycles. The van der Waals surface area contributed by atoms with Crippen molar-refractivity contribution in [3.8, 4) is 0 Å². The lowest BCUT2D eigenvalue weighted by atomic mass is 9.86. The summed E-state index contributed by atoms with van der Waals surface area (Å²) in [4.78, 5) is 30.3. The van der Waals surface area contributed by atoms with Gasteiger partial charge in [-0.1, -0.05) is 6.07 Å². The first-order chi connectivity index (χ1) is 14.4. The van der Waals surface area contributed by atoms with Crippen LogP contribution in [0.1, 0.15) is 43.9 Å². The third-order valence-electron chi connectivity index (χ3n) is 5.77. The Morgan fingerprint density at radius 3 is 2.87 bits per heavy atom. The van der Waals surface area contributed by atoms with Crippen molar-refractivity contribution in [3.05, 3.63) is 23.4 Å². The number of likely N-dealkylation sites (tertiary alicyclic amines) is 1. The van der Waals surface area contributed by atoms with Gasteiger partial charge in [0.2, 0.25) is 0 Å². The van der Waals surface area contributed by atoms with Gasteiger partial charge in [-0.05, 0) is 57.1 Å². The van der Waals surface area contributed by atoms with Gasteiger partial charge in [0.05, 0.1) is 6.61 Å². The number of anilines is 1. The molecule has 166 valence electrons. The molecule has 0 bridgehead atoms. The van der Waals surface area contributed by atoms with E-state index in [1.807, 2.05) is 6.07 Å². The Balaban J connectivity index is 1.38. The number of aliphatic hydroxyl groups excluding tert-OH is 1. The standard InChI is InChI=1S/C21H32N4O5/c1-2-30-19(27)17(26)21(29)9-13-25(14-10-21)20(28)23-12-4-6-16-8-7-15-5-3-11-22-18(15)24-16/h7-8,17,26,29H,2-6,9-14H2,1H3,(H,22,24)(H,23,28). The Kier molecular flexibility index (Phi) is 7.49. The number of fused-ring (bicyclic) bond motifs is 1. The number of rotatable bonds is 7. The van der Waals surface area contributed by atoms with Gasteiger partial charge in [0, 0.05) is 31.9 Å². The summed E-state index contributed by atoms with van der Waals surface area (Å²) in [6, 6.07) is 3.97. The minimum absolute atomic E-state index is 0.118. The van der Waals surface area contributed by atoms with E-state index in [1.54, 1.807) is 11.8 Å². The molecule has 1 atom stereocenters. The molecule has 1 saturated heterocycles. The van der Waals surface area contributed by atoms with Gasteiger partial charge in [-0.25, -0.2) is 14.6 Å². The zero-order valence-electron chi connectivity index (χ0n) is 17.5. The molecule has 2 aliphatic heterocycles. The van der Waals surface area contributed by atoms with Crippen molar-refractivity contribution < 1.29 is 24.5 Å². The van der Waals surface area contributed by atoms with Crippen molar-refractivity contribution >= 4 is 17.8 Å². The highest BCUT2D eigenvalue weighted by atomic mass is 16.5. The number of pyridine rings is 1. The number of carbonyl (C=O) groups excluding carboxylic acids is 2. The van der Waals surface area contributed by atoms with Crippen molar-refractivity contribution in [2.24, 2.45) is 0 Å². The fraction of sp³-hybridized carbons (Fsp3) is 0.667. The van der Waals surface area contributed by atoms with E-state index in [0.29, 0.717) is 6.54 Å². The number of urea groups is 1. The lowest BCUT2D eigenvalue weighted by Crippen LogP contribution is -2.56. The summed E-state index contributed by atoms with van der Waals surface area (Å²) in [5.74, 6) is 0.150. The third kappa shape index (κ3) is 5.40. The highest BCUT2D eigenvalue weighted by Gasteiger charge is 2.44. The summed E-state index contributed by atoms with van der Waals surface area (Å²) >= 11 is 0. The van der Waals surface area contributed by atoms with E-state index < -0.39 is 17.7 Å². The highest BCUT2D eigenvalue weighted by Crippen LogP contribution is 2.26. The van der Waals surface area contributed by atoms with Crippen LogP contribution in [0.4, 0.5) is 10.6 Å². The predicted molar refractivity (Wildman–Crippen MR) is 111 cm³/mol. The SMILES string of the molecule is CCOC(=O)C(O)C1(O)CCN(C(=O)NCCCc2ccc3c(n2)NCCC3)CC1. The van der Waals surface area contributed by atoms with Crippen LogP contribution in [0.3, 0.4) is 0 Å². The van der Waals surface area contributed by atoms with E-state index >= 15 is 0 Å². The molecule has 2 aliphatic rings. The predicted octanol–water partition coefficient (Wildman–Crippen LogP) is 0.833.